The van der Waals surface area contributed by atoms with Crippen molar-refractivity contribution in [2.75, 3.05) is 5.32 Å². The van der Waals surface area contributed by atoms with Crippen LogP contribution in [0.4, 0.5) is 5.69 Å². The Morgan fingerprint density at radius 1 is 1.05 bits per heavy atom. The summed E-state index contributed by atoms with van der Waals surface area (Å²) < 4.78 is 0. The molecule has 0 aliphatic heterocycles. The van der Waals surface area contributed by atoms with Gasteiger partial charge >= 0.3 is 0 Å². The number of anilines is 1. The fourth-order valence-corrected chi connectivity index (χ4v) is 2.27. The molecule has 104 valence electrons. The highest BCUT2D eigenvalue weighted by molar-refractivity contribution is 6.39. The van der Waals surface area contributed by atoms with Crippen LogP contribution in [0.1, 0.15) is 12.5 Å². The number of halogens is 2. The van der Waals surface area contributed by atoms with Gasteiger partial charge in [0.1, 0.15) is 5.54 Å². The van der Waals surface area contributed by atoms with Gasteiger partial charge in [-0.1, -0.05) is 59.6 Å². The Balaban J connectivity index is 2.28. The first kappa shape index (κ1) is 14.9. The fraction of sp³-hybridized carbons (Fsp3) is 0.133. The van der Waals surface area contributed by atoms with Gasteiger partial charge in [0.2, 0.25) is 5.91 Å². The summed E-state index contributed by atoms with van der Waals surface area (Å²) >= 11 is 12.1. The first-order valence-corrected chi connectivity index (χ1v) is 6.78. The standard InChI is InChI=1S/C15H14Cl2N2O/c1-15(18,10-6-3-2-4-7-10)14(20)19-13-11(16)8-5-9-12(13)17/h2-9H,18H2,1H3,(H,19,20). The Hall–Kier alpha value is -1.55. The number of para-hydroxylation sites is 1. The highest BCUT2D eigenvalue weighted by Crippen LogP contribution is 2.31. The van der Waals surface area contributed by atoms with E-state index in [9.17, 15) is 4.79 Å². The molecule has 1 unspecified atom stereocenters. The van der Waals surface area contributed by atoms with E-state index in [2.05, 4.69) is 5.32 Å². The van der Waals surface area contributed by atoms with Gasteiger partial charge in [-0.2, -0.15) is 0 Å². The molecule has 0 aromatic heterocycles. The fourth-order valence-electron chi connectivity index (χ4n) is 1.78. The van der Waals surface area contributed by atoms with E-state index < -0.39 is 5.54 Å². The molecule has 0 radical (unpaired) electrons. The van der Waals surface area contributed by atoms with Crippen LogP contribution in [0.15, 0.2) is 48.5 Å². The smallest absolute Gasteiger partial charge is 0.248 e. The average molecular weight is 309 g/mol. The van der Waals surface area contributed by atoms with Crippen molar-refractivity contribution >= 4 is 34.8 Å². The van der Waals surface area contributed by atoms with Crippen LogP contribution in [-0.2, 0) is 10.3 Å². The summed E-state index contributed by atoms with van der Waals surface area (Å²) in [6.07, 6.45) is 0. The Morgan fingerprint density at radius 3 is 2.15 bits per heavy atom. The van der Waals surface area contributed by atoms with Crippen molar-refractivity contribution in [3.63, 3.8) is 0 Å². The monoisotopic (exact) mass is 308 g/mol. The van der Waals surface area contributed by atoms with Gasteiger partial charge in [0, 0.05) is 0 Å². The summed E-state index contributed by atoms with van der Waals surface area (Å²) in [5.74, 6) is -0.376. The van der Waals surface area contributed by atoms with Gasteiger partial charge in [0.05, 0.1) is 15.7 Å². The number of hydrogen-bond donors (Lipinski definition) is 2. The minimum Gasteiger partial charge on any atom is -0.322 e. The predicted molar refractivity (Wildman–Crippen MR) is 83.1 cm³/mol. The number of hydrogen-bond acceptors (Lipinski definition) is 2. The van der Waals surface area contributed by atoms with Crippen molar-refractivity contribution in [3.05, 3.63) is 64.1 Å². The van der Waals surface area contributed by atoms with E-state index in [1.54, 1.807) is 37.3 Å². The SMILES string of the molecule is CC(N)(C(=O)Nc1c(Cl)cccc1Cl)c1ccccc1. The number of benzene rings is 2. The number of nitrogens with two attached hydrogens (primary N) is 1. The Labute approximate surface area is 127 Å². The molecule has 3 nitrogen and oxygen atoms in total. The van der Waals surface area contributed by atoms with Crippen molar-refractivity contribution in [1.82, 2.24) is 0 Å². The third-order valence-corrected chi connectivity index (χ3v) is 3.68. The van der Waals surface area contributed by atoms with Crippen LogP contribution in [0.3, 0.4) is 0 Å². The molecule has 5 heteroatoms. The van der Waals surface area contributed by atoms with Gasteiger partial charge < -0.3 is 11.1 Å². The molecular formula is C15H14Cl2N2O. The lowest BCUT2D eigenvalue weighted by Gasteiger charge is -2.24. The van der Waals surface area contributed by atoms with Gasteiger partial charge in [0.25, 0.3) is 0 Å². The maximum atomic E-state index is 12.4. The maximum Gasteiger partial charge on any atom is 0.248 e. The Kier molecular flexibility index (Phi) is 4.33. The summed E-state index contributed by atoms with van der Waals surface area (Å²) in [4.78, 5) is 12.4. The predicted octanol–water partition coefficient (Wildman–Crippen LogP) is 3.81. The molecule has 0 saturated carbocycles. The number of carbonyl (C=O) groups excluding carboxylic acids is 1. The summed E-state index contributed by atoms with van der Waals surface area (Å²) in [5.41, 5.74) is 6.03. The van der Waals surface area contributed by atoms with Crippen molar-refractivity contribution in [2.45, 2.75) is 12.5 Å². The third kappa shape index (κ3) is 2.96. The van der Waals surface area contributed by atoms with E-state index in [-0.39, 0.29) is 5.91 Å². The van der Waals surface area contributed by atoms with Crippen molar-refractivity contribution < 1.29 is 4.79 Å². The number of nitrogens with one attached hydrogen (secondary N) is 1. The summed E-state index contributed by atoms with van der Waals surface area (Å²) in [6.45, 7) is 1.64. The quantitative estimate of drug-likeness (QED) is 0.906. The molecule has 0 heterocycles. The summed E-state index contributed by atoms with van der Waals surface area (Å²) in [6, 6.07) is 14.1. The molecule has 0 saturated heterocycles. The molecule has 2 aromatic carbocycles. The largest absolute Gasteiger partial charge is 0.322 e. The molecule has 1 atom stereocenters. The molecule has 0 aliphatic rings. The number of rotatable bonds is 3. The van der Waals surface area contributed by atoms with E-state index >= 15 is 0 Å². The van der Waals surface area contributed by atoms with Gasteiger partial charge in [-0.3, -0.25) is 4.79 Å². The lowest BCUT2D eigenvalue weighted by atomic mass is 9.92. The summed E-state index contributed by atoms with van der Waals surface area (Å²) in [5, 5.41) is 3.43. The van der Waals surface area contributed by atoms with Crippen LogP contribution in [0.2, 0.25) is 10.0 Å². The molecule has 0 bridgehead atoms. The molecule has 2 aromatic rings. The van der Waals surface area contributed by atoms with E-state index in [1.165, 1.54) is 0 Å². The molecule has 1 amide bonds. The first-order valence-electron chi connectivity index (χ1n) is 6.03. The average Bonchev–Trinajstić information content (AvgIpc) is 2.43. The zero-order valence-corrected chi connectivity index (χ0v) is 12.4. The van der Waals surface area contributed by atoms with Gasteiger partial charge in [-0.05, 0) is 24.6 Å². The normalized spacial score (nSPS) is 13.6. The van der Waals surface area contributed by atoms with Gasteiger partial charge in [-0.15, -0.1) is 0 Å². The van der Waals surface area contributed by atoms with E-state index in [1.807, 2.05) is 18.2 Å². The minimum atomic E-state index is -1.18. The van der Waals surface area contributed by atoms with Crippen LogP contribution >= 0.6 is 23.2 Å². The van der Waals surface area contributed by atoms with Crippen LogP contribution in [0, 0.1) is 0 Å². The molecule has 2 rings (SSSR count). The zero-order chi connectivity index (χ0) is 14.8. The molecule has 0 fully saturated rings. The van der Waals surface area contributed by atoms with Crippen LogP contribution in [-0.4, -0.2) is 5.91 Å². The number of amides is 1. The van der Waals surface area contributed by atoms with Crippen molar-refractivity contribution in [2.24, 2.45) is 5.73 Å². The van der Waals surface area contributed by atoms with Crippen LogP contribution < -0.4 is 11.1 Å². The van der Waals surface area contributed by atoms with E-state index in [0.717, 1.165) is 0 Å². The zero-order valence-electron chi connectivity index (χ0n) is 10.9. The van der Waals surface area contributed by atoms with Crippen LogP contribution in [0.5, 0.6) is 0 Å². The second kappa shape index (κ2) is 5.83. The highest BCUT2D eigenvalue weighted by Gasteiger charge is 2.31. The topological polar surface area (TPSA) is 55.1 Å². The second-order valence-corrected chi connectivity index (χ2v) is 5.43. The lowest BCUT2D eigenvalue weighted by molar-refractivity contribution is -0.120. The second-order valence-electron chi connectivity index (χ2n) is 4.62. The van der Waals surface area contributed by atoms with E-state index in [0.29, 0.717) is 21.3 Å². The molecule has 20 heavy (non-hydrogen) atoms. The molecule has 3 N–H and O–H groups in total. The number of carbonyl (C=O) groups is 1. The van der Waals surface area contributed by atoms with Gasteiger partial charge in [0.15, 0.2) is 0 Å². The van der Waals surface area contributed by atoms with E-state index in [4.69, 9.17) is 28.9 Å². The first-order chi connectivity index (χ1) is 9.43. The Morgan fingerprint density at radius 2 is 1.60 bits per heavy atom. The van der Waals surface area contributed by atoms with Crippen LogP contribution in [0.25, 0.3) is 0 Å². The van der Waals surface area contributed by atoms with Crippen molar-refractivity contribution in [1.29, 1.82) is 0 Å². The molecule has 0 aliphatic carbocycles. The van der Waals surface area contributed by atoms with Crippen molar-refractivity contribution in [3.8, 4) is 0 Å². The lowest BCUT2D eigenvalue weighted by Crippen LogP contribution is -2.45. The Bertz CT molecular complexity index is 607. The molecule has 0 spiro atoms. The van der Waals surface area contributed by atoms with Gasteiger partial charge in [-0.25, -0.2) is 0 Å². The maximum absolute atomic E-state index is 12.4. The third-order valence-electron chi connectivity index (χ3n) is 3.05. The summed E-state index contributed by atoms with van der Waals surface area (Å²) in [7, 11) is 0. The molecular weight excluding hydrogens is 295 g/mol. The highest BCUT2D eigenvalue weighted by atomic mass is 35.5. The minimum absolute atomic E-state index is 0.369.